The highest BCUT2D eigenvalue weighted by Gasteiger charge is 2.29. The van der Waals surface area contributed by atoms with Crippen LogP contribution in [-0.2, 0) is 4.79 Å². The number of rotatable bonds is 5. The third-order valence-electron chi connectivity index (χ3n) is 3.58. The minimum Gasteiger partial charge on any atom is -0.370 e. The van der Waals surface area contributed by atoms with Crippen LogP contribution in [-0.4, -0.2) is 48.3 Å². The number of hydrogen-bond donors (Lipinski definition) is 2. The maximum absolute atomic E-state index is 12.1. The molecule has 0 aromatic carbocycles. The molecule has 1 saturated heterocycles. The Hall–Kier alpha value is -1.50. The van der Waals surface area contributed by atoms with Gasteiger partial charge in [0, 0.05) is 26.2 Å². The van der Waals surface area contributed by atoms with Crippen molar-refractivity contribution in [2.75, 3.05) is 36.6 Å². The number of nitrogens with zero attached hydrogens (tertiary/aromatic N) is 3. The Morgan fingerprint density at radius 3 is 2.95 bits per heavy atom. The van der Waals surface area contributed by atoms with Crippen LogP contribution in [0.5, 0.6) is 0 Å². The second kappa shape index (κ2) is 7.49. The average molecular weight is 309 g/mol. The van der Waals surface area contributed by atoms with Gasteiger partial charge in [0.1, 0.15) is 17.7 Å². The minimum atomic E-state index is -0.136. The van der Waals surface area contributed by atoms with Gasteiger partial charge < -0.3 is 15.5 Å². The molecule has 0 radical (unpaired) electrons. The largest absolute Gasteiger partial charge is 0.370 e. The number of piperidine rings is 1. The summed E-state index contributed by atoms with van der Waals surface area (Å²) in [5.41, 5.74) is 0. The van der Waals surface area contributed by atoms with Gasteiger partial charge in [0.05, 0.1) is 0 Å². The van der Waals surface area contributed by atoms with Crippen LogP contribution in [0.15, 0.2) is 11.2 Å². The molecule has 0 saturated carbocycles. The summed E-state index contributed by atoms with van der Waals surface area (Å²) in [6.45, 7) is 3.70. The van der Waals surface area contributed by atoms with Crippen molar-refractivity contribution >= 4 is 29.3 Å². The van der Waals surface area contributed by atoms with E-state index in [4.69, 9.17) is 0 Å². The molecule has 6 nitrogen and oxygen atoms in total. The molecule has 2 rings (SSSR count). The van der Waals surface area contributed by atoms with E-state index in [9.17, 15) is 4.79 Å². The quantitative estimate of drug-likeness (QED) is 0.638. The highest BCUT2D eigenvalue weighted by molar-refractivity contribution is 7.98. The van der Waals surface area contributed by atoms with E-state index < -0.39 is 0 Å². The van der Waals surface area contributed by atoms with Crippen LogP contribution < -0.4 is 15.5 Å². The zero-order valence-corrected chi connectivity index (χ0v) is 13.7. The molecule has 7 heteroatoms. The molecule has 0 spiro atoms. The molecule has 1 aliphatic heterocycles. The summed E-state index contributed by atoms with van der Waals surface area (Å²) in [6, 6.07) is 1.80. The van der Waals surface area contributed by atoms with E-state index in [1.54, 1.807) is 7.05 Å². The first-order chi connectivity index (χ1) is 10.2. The molecule has 0 bridgehead atoms. The Morgan fingerprint density at radius 1 is 1.48 bits per heavy atom. The molecular weight excluding hydrogens is 286 g/mol. The molecular formula is C14H23N5OS. The van der Waals surface area contributed by atoms with Crippen LogP contribution in [0.3, 0.4) is 0 Å². The van der Waals surface area contributed by atoms with E-state index in [-0.39, 0.29) is 11.9 Å². The molecule has 1 fully saturated rings. The molecule has 2 heterocycles. The van der Waals surface area contributed by atoms with Gasteiger partial charge in [0.15, 0.2) is 5.16 Å². The summed E-state index contributed by atoms with van der Waals surface area (Å²) in [5, 5.41) is 6.71. The fraction of sp³-hybridized carbons (Fsp3) is 0.643. The number of anilines is 2. The van der Waals surface area contributed by atoms with Crippen molar-refractivity contribution in [3.8, 4) is 0 Å². The summed E-state index contributed by atoms with van der Waals surface area (Å²) in [4.78, 5) is 23.2. The Morgan fingerprint density at radius 2 is 2.29 bits per heavy atom. The zero-order chi connectivity index (χ0) is 15.2. The van der Waals surface area contributed by atoms with Crippen molar-refractivity contribution in [2.24, 2.45) is 0 Å². The fourth-order valence-corrected chi connectivity index (χ4v) is 2.94. The van der Waals surface area contributed by atoms with Crippen LogP contribution in [0.25, 0.3) is 0 Å². The van der Waals surface area contributed by atoms with Gasteiger partial charge in [-0.05, 0) is 32.4 Å². The van der Waals surface area contributed by atoms with E-state index in [0.717, 1.165) is 49.1 Å². The first-order valence-electron chi connectivity index (χ1n) is 7.34. The lowest BCUT2D eigenvalue weighted by Crippen LogP contribution is -2.49. The van der Waals surface area contributed by atoms with Crippen LogP contribution in [0.4, 0.5) is 11.6 Å². The van der Waals surface area contributed by atoms with E-state index >= 15 is 0 Å². The second-order valence-electron chi connectivity index (χ2n) is 4.95. The third kappa shape index (κ3) is 3.78. The van der Waals surface area contributed by atoms with Gasteiger partial charge in [0.25, 0.3) is 0 Å². The summed E-state index contributed by atoms with van der Waals surface area (Å²) >= 11 is 1.51. The van der Waals surface area contributed by atoms with Gasteiger partial charge in [-0.2, -0.15) is 0 Å². The molecule has 116 valence electrons. The lowest BCUT2D eigenvalue weighted by molar-refractivity contribution is -0.122. The predicted octanol–water partition coefficient (Wildman–Crippen LogP) is 1.74. The lowest BCUT2D eigenvalue weighted by Gasteiger charge is -2.35. The summed E-state index contributed by atoms with van der Waals surface area (Å²) < 4.78 is 0. The summed E-state index contributed by atoms with van der Waals surface area (Å²) in [6.07, 6.45) is 4.99. The van der Waals surface area contributed by atoms with Crippen LogP contribution >= 0.6 is 11.8 Å². The van der Waals surface area contributed by atoms with Gasteiger partial charge in [-0.1, -0.05) is 11.8 Å². The maximum Gasteiger partial charge on any atom is 0.242 e. The highest BCUT2D eigenvalue weighted by Crippen LogP contribution is 2.26. The standard InChI is InChI=1S/C14H23N5OS/c1-4-16-11-9-12(18-14(17-11)21-3)19-8-6-5-7-10(19)13(20)15-2/h9-10H,4-8H2,1-3H3,(H,15,20)(H,16,17,18). The minimum absolute atomic E-state index is 0.0593. The van der Waals surface area contributed by atoms with Crippen molar-refractivity contribution < 1.29 is 4.79 Å². The molecule has 1 amide bonds. The summed E-state index contributed by atoms with van der Waals surface area (Å²) in [5.74, 6) is 1.70. The van der Waals surface area contributed by atoms with Gasteiger partial charge in [-0.25, -0.2) is 9.97 Å². The topological polar surface area (TPSA) is 70.2 Å². The van der Waals surface area contributed by atoms with E-state index in [0.29, 0.717) is 0 Å². The molecule has 1 aliphatic rings. The van der Waals surface area contributed by atoms with Crippen molar-refractivity contribution in [2.45, 2.75) is 37.4 Å². The Labute approximate surface area is 130 Å². The lowest BCUT2D eigenvalue weighted by atomic mass is 10.0. The number of amides is 1. The van der Waals surface area contributed by atoms with Crippen molar-refractivity contribution in [1.82, 2.24) is 15.3 Å². The first kappa shape index (κ1) is 15.9. The van der Waals surface area contributed by atoms with Crippen molar-refractivity contribution in [3.05, 3.63) is 6.07 Å². The monoisotopic (exact) mass is 309 g/mol. The van der Waals surface area contributed by atoms with Gasteiger partial charge >= 0.3 is 0 Å². The number of carbonyl (C=O) groups excluding carboxylic acids is 1. The summed E-state index contributed by atoms with van der Waals surface area (Å²) in [7, 11) is 1.69. The fourth-order valence-electron chi connectivity index (χ4n) is 2.57. The smallest absolute Gasteiger partial charge is 0.242 e. The maximum atomic E-state index is 12.1. The van der Waals surface area contributed by atoms with E-state index in [1.165, 1.54) is 11.8 Å². The Balaban J connectivity index is 2.32. The zero-order valence-electron chi connectivity index (χ0n) is 12.8. The van der Waals surface area contributed by atoms with Gasteiger partial charge in [-0.15, -0.1) is 0 Å². The van der Waals surface area contributed by atoms with Crippen LogP contribution in [0.2, 0.25) is 0 Å². The Kier molecular flexibility index (Phi) is 5.67. The van der Waals surface area contributed by atoms with Gasteiger partial charge in [-0.3, -0.25) is 4.79 Å². The molecule has 1 atom stereocenters. The highest BCUT2D eigenvalue weighted by atomic mass is 32.2. The molecule has 0 aliphatic carbocycles. The van der Waals surface area contributed by atoms with Crippen molar-refractivity contribution in [3.63, 3.8) is 0 Å². The number of likely N-dealkylation sites (N-methyl/N-ethyl adjacent to an activating group) is 1. The first-order valence-corrected chi connectivity index (χ1v) is 8.57. The molecule has 1 aromatic heterocycles. The van der Waals surface area contributed by atoms with E-state index in [1.807, 2.05) is 19.2 Å². The molecule has 1 aromatic rings. The normalized spacial score (nSPS) is 18.4. The van der Waals surface area contributed by atoms with Crippen LogP contribution in [0, 0.1) is 0 Å². The SMILES string of the molecule is CCNc1cc(N2CCCCC2C(=O)NC)nc(SC)n1. The second-order valence-corrected chi connectivity index (χ2v) is 5.72. The Bertz CT molecular complexity index is 496. The number of thioether (sulfide) groups is 1. The predicted molar refractivity (Wildman–Crippen MR) is 87.0 cm³/mol. The molecule has 2 N–H and O–H groups in total. The number of carbonyl (C=O) groups is 1. The third-order valence-corrected chi connectivity index (χ3v) is 4.13. The number of hydrogen-bond acceptors (Lipinski definition) is 6. The van der Waals surface area contributed by atoms with E-state index in [2.05, 4.69) is 25.5 Å². The average Bonchev–Trinajstić information content (AvgIpc) is 2.54. The molecule has 21 heavy (non-hydrogen) atoms. The van der Waals surface area contributed by atoms with Crippen LogP contribution in [0.1, 0.15) is 26.2 Å². The van der Waals surface area contributed by atoms with Gasteiger partial charge in [0.2, 0.25) is 5.91 Å². The number of aromatic nitrogens is 2. The number of nitrogens with one attached hydrogen (secondary N) is 2. The van der Waals surface area contributed by atoms with Crippen molar-refractivity contribution in [1.29, 1.82) is 0 Å². The molecule has 1 unspecified atom stereocenters.